The first-order chi connectivity index (χ1) is 16.5. The lowest BCUT2D eigenvalue weighted by atomic mass is 10.1. The van der Waals surface area contributed by atoms with E-state index in [1.54, 1.807) is 30.5 Å². The number of aromatic nitrogens is 5. The molecule has 4 N–H and O–H groups in total. The molecule has 2 aliphatic rings. The van der Waals surface area contributed by atoms with Gasteiger partial charge in [-0.15, -0.1) is 10.2 Å². The molecule has 0 saturated carbocycles. The SMILES string of the molecule is C=c1/c(=C\c2ccc3c(/C=c4/[nH]c5cccc(O)c5c4=C)nnc-3cn2)[nH]c2cccc(O)c12. The van der Waals surface area contributed by atoms with E-state index in [1.807, 2.05) is 36.4 Å². The summed E-state index contributed by atoms with van der Waals surface area (Å²) in [6.45, 7) is 8.24. The minimum Gasteiger partial charge on any atom is -0.507 e. The van der Waals surface area contributed by atoms with Gasteiger partial charge in [-0.3, -0.25) is 4.98 Å². The van der Waals surface area contributed by atoms with Crippen molar-refractivity contribution in [2.45, 2.75) is 0 Å². The summed E-state index contributed by atoms with van der Waals surface area (Å²) in [5.74, 6) is 0.372. The zero-order valence-corrected chi connectivity index (χ0v) is 18.0. The standard InChI is InChI=1S/C27H19N5O2/c1-14-20(29-18-5-3-7-24(33)26(14)18)11-16-9-10-17-22(31-32-23(17)13-28-16)12-21-15(2)27-19(30-21)6-4-8-25(27)34/h3-13,29-30,33-34H,1-2H2/b20-11+,21-12+. The summed E-state index contributed by atoms with van der Waals surface area (Å²) >= 11 is 0. The largest absolute Gasteiger partial charge is 0.507 e. The molecule has 4 aromatic rings. The molecule has 2 aromatic carbocycles. The minimum atomic E-state index is 0.183. The maximum Gasteiger partial charge on any atom is 0.125 e. The fraction of sp³-hybridized carbons (Fsp3) is 0. The second kappa shape index (κ2) is 7.31. The summed E-state index contributed by atoms with van der Waals surface area (Å²) in [6, 6.07) is 14.4. The average Bonchev–Trinajstić information content (AvgIpc) is 3.40. The van der Waals surface area contributed by atoms with Crippen LogP contribution in [0.5, 0.6) is 11.5 Å². The highest BCUT2D eigenvalue weighted by Crippen LogP contribution is 2.23. The summed E-state index contributed by atoms with van der Waals surface area (Å²) in [7, 11) is 0. The summed E-state index contributed by atoms with van der Waals surface area (Å²) in [5, 5.41) is 33.3. The van der Waals surface area contributed by atoms with Crippen LogP contribution in [-0.2, 0) is 0 Å². The third-order valence-electron chi connectivity index (χ3n) is 6.02. The first-order valence-electron chi connectivity index (χ1n) is 10.6. The quantitative estimate of drug-likeness (QED) is 0.325. The first kappa shape index (κ1) is 19.8. The molecule has 4 heterocycles. The number of hydrogen-bond donors (Lipinski definition) is 4. The lowest BCUT2D eigenvalue weighted by Crippen LogP contribution is -2.21. The van der Waals surface area contributed by atoms with Gasteiger partial charge in [0.2, 0.25) is 0 Å². The molecule has 2 aliphatic heterocycles. The number of hydrogen-bond acceptors (Lipinski definition) is 5. The predicted molar refractivity (Wildman–Crippen MR) is 133 cm³/mol. The van der Waals surface area contributed by atoms with Crippen LogP contribution in [0.3, 0.4) is 0 Å². The Morgan fingerprint density at radius 2 is 1.35 bits per heavy atom. The van der Waals surface area contributed by atoms with Crippen LogP contribution in [0.2, 0.25) is 0 Å². The second-order valence-corrected chi connectivity index (χ2v) is 8.12. The third kappa shape index (κ3) is 3.02. The Labute approximate surface area is 192 Å². The number of phenols is 2. The van der Waals surface area contributed by atoms with Crippen molar-refractivity contribution in [1.29, 1.82) is 0 Å². The second-order valence-electron chi connectivity index (χ2n) is 8.12. The molecule has 0 bridgehead atoms. The van der Waals surface area contributed by atoms with E-state index in [0.29, 0.717) is 38.3 Å². The van der Waals surface area contributed by atoms with Gasteiger partial charge in [-0.2, -0.15) is 0 Å². The lowest BCUT2D eigenvalue weighted by molar-refractivity contribution is 0.481. The van der Waals surface area contributed by atoms with Gasteiger partial charge >= 0.3 is 0 Å². The first-order valence-corrected chi connectivity index (χ1v) is 10.6. The Balaban J connectivity index is 1.48. The number of aromatic hydroxyl groups is 2. The zero-order valence-electron chi connectivity index (χ0n) is 18.0. The molecule has 34 heavy (non-hydrogen) atoms. The van der Waals surface area contributed by atoms with E-state index < -0.39 is 0 Å². The Kier molecular flexibility index (Phi) is 4.25. The van der Waals surface area contributed by atoms with E-state index >= 15 is 0 Å². The molecule has 0 unspecified atom stereocenters. The maximum absolute atomic E-state index is 10.2. The Morgan fingerprint density at radius 3 is 1.97 bits per heavy atom. The van der Waals surface area contributed by atoms with E-state index in [9.17, 15) is 10.2 Å². The van der Waals surface area contributed by atoms with E-state index in [-0.39, 0.29) is 11.5 Å². The molecule has 0 saturated heterocycles. The Hall–Kier alpha value is -4.91. The number of nitrogens with one attached hydrogen (secondary N) is 2. The van der Waals surface area contributed by atoms with Crippen LogP contribution in [0.4, 0.5) is 0 Å². The van der Waals surface area contributed by atoms with Crippen LogP contribution in [0.15, 0.2) is 54.7 Å². The van der Waals surface area contributed by atoms with Gasteiger partial charge in [-0.25, -0.2) is 0 Å². The molecular formula is C27H19N5O2. The van der Waals surface area contributed by atoms with Gasteiger partial charge < -0.3 is 20.2 Å². The van der Waals surface area contributed by atoms with Crippen molar-refractivity contribution in [3.63, 3.8) is 0 Å². The van der Waals surface area contributed by atoms with Crippen molar-refractivity contribution >= 4 is 47.1 Å². The smallest absolute Gasteiger partial charge is 0.125 e. The Morgan fingerprint density at radius 1 is 0.735 bits per heavy atom. The van der Waals surface area contributed by atoms with Gasteiger partial charge in [0.1, 0.15) is 17.2 Å². The predicted octanol–water partition coefficient (Wildman–Crippen LogP) is 1.83. The third-order valence-corrected chi connectivity index (χ3v) is 6.02. The summed E-state index contributed by atoms with van der Waals surface area (Å²) < 4.78 is 0. The number of aromatic amines is 2. The molecule has 0 radical (unpaired) electrons. The molecule has 7 nitrogen and oxygen atoms in total. The van der Waals surface area contributed by atoms with Crippen molar-refractivity contribution in [3.05, 3.63) is 87.3 Å². The monoisotopic (exact) mass is 445 g/mol. The van der Waals surface area contributed by atoms with Gasteiger partial charge in [0, 0.05) is 37.5 Å². The van der Waals surface area contributed by atoms with E-state index in [4.69, 9.17) is 0 Å². The lowest BCUT2D eigenvalue weighted by Gasteiger charge is -1.92. The zero-order chi connectivity index (χ0) is 23.4. The molecule has 0 atom stereocenters. The fourth-order valence-electron chi connectivity index (χ4n) is 4.32. The van der Waals surface area contributed by atoms with Crippen molar-refractivity contribution < 1.29 is 10.2 Å². The average molecular weight is 445 g/mol. The fourth-order valence-corrected chi connectivity index (χ4v) is 4.32. The molecule has 0 amide bonds. The molecule has 7 heteroatoms. The highest BCUT2D eigenvalue weighted by Gasteiger charge is 2.12. The molecule has 0 spiro atoms. The van der Waals surface area contributed by atoms with Crippen LogP contribution in [0, 0.1) is 0 Å². The van der Waals surface area contributed by atoms with E-state index in [0.717, 1.165) is 27.3 Å². The molecular weight excluding hydrogens is 426 g/mol. The molecule has 2 aromatic heterocycles. The number of benzene rings is 2. The highest BCUT2D eigenvalue weighted by molar-refractivity contribution is 5.87. The van der Waals surface area contributed by atoms with Gasteiger partial charge in [0.25, 0.3) is 0 Å². The molecule has 164 valence electrons. The van der Waals surface area contributed by atoms with E-state index in [2.05, 4.69) is 38.3 Å². The normalized spacial score (nSPS) is 12.9. The molecule has 0 aliphatic carbocycles. The Bertz CT molecular complexity index is 1930. The van der Waals surface area contributed by atoms with Gasteiger partial charge in [-0.05, 0) is 48.6 Å². The minimum absolute atomic E-state index is 0.183. The summed E-state index contributed by atoms with van der Waals surface area (Å²) in [4.78, 5) is 11.1. The van der Waals surface area contributed by atoms with Crippen LogP contribution in [0.1, 0.15) is 11.4 Å². The summed E-state index contributed by atoms with van der Waals surface area (Å²) in [6.07, 6.45) is 5.43. The maximum atomic E-state index is 10.2. The van der Waals surface area contributed by atoms with Gasteiger partial charge in [0.15, 0.2) is 0 Å². The topological polar surface area (TPSA) is 111 Å². The number of H-pyrrole nitrogens is 2. The van der Waals surface area contributed by atoms with E-state index in [1.165, 1.54) is 0 Å². The van der Waals surface area contributed by atoms with Crippen molar-refractivity contribution in [2.75, 3.05) is 0 Å². The molecule has 6 rings (SSSR count). The van der Waals surface area contributed by atoms with Gasteiger partial charge in [0.05, 0.1) is 28.6 Å². The number of phenolic OH excluding ortho intramolecular Hbond substituents is 2. The highest BCUT2D eigenvalue weighted by atomic mass is 16.3. The van der Waals surface area contributed by atoms with Crippen molar-refractivity contribution in [1.82, 2.24) is 25.1 Å². The van der Waals surface area contributed by atoms with Crippen LogP contribution >= 0.6 is 0 Å². The van der Waals surface area contributed by atoms with Crippen LogP contribution in [0.25, 0.3) is 58.4 Å². The van der Waals surface area contributed by atoms with Gasteiger partial charge in [-0.1, -0.05) is 25.3 Å². The number of nitrogens with zero attached hydrogens (tertiary/aromatic N) is 3. The molecule has 0 fully saturated rings. The number of fused-ring (bicyclic) bond motifs is 3. The van der Waals surface area contributed by atoms with Crippen LogP contribution < -0.4 is 21.1 Å². The summed E-state index contributed by atoms with van der Waals surface area (Å²) in [5.41, 5.74) is 4.47. The van der Waals surface area contributed by atoms with Crippen molar-refractivity contribution in [2.24, 2.45) is 0 Å². The number of rotatable bonds is 2. The van der Waals surface area contributed by atoms with Crippen LogP contribution in [-0.4, -0.2) is 35.4 Å². The van der Waals surface area contributed by atoms with Crippen molar-refractivity contribution in [3.8, 4) is 22.8 Å².